The molecule has 0 radical (unpaired) electrons. The van der Waals surface area contributed by atoms with Crippen LogP contribution >= 0.6 is 39.3 Å². The zero-order valence-corrected chi connectivity index (χ0v) is 11.4. The lowest BCUT2D eigenvalue weighted by molar-refractivity contribution is 0.935. The molecule has 0 atom stereocenters. The van der Waals surface area contributed by atoms with Crippen LogP contribution in [0.3, 0.4) is 0 Å². The lowest BCUT2D eigenvalue weighted by Crippen LogP contribution is -2.18. The minimum atomic E-state index is 0.273. The molecule has 2 rings (SSSR count). The number of aromatic nitrogens is 2. The van der Waals surface area contributed by atoms with Gasteiger partial charge in [0.25, 0.3) is 0 Å². The monoisotopic (exact) mass is 307 g/mol. The van der Waals surface area contributed by atoms with E-state index in [2.05, 4.69) is 37.5 Å². The Labute approximate surface area is 107 Å². The molecule has 1 fully saturated rings. The van der Waals surface area contributed by atoms with Crippen molar-refractivity contribution >= 4 is 45.1 Å². The van der Waals surface area contributed by atoms with Gasteiger partial charge in [-0.05, 0) is 46.6 Å². The second-order valence-electron chi connectivity index (χ2n) is 3.58. The van der Waals surface area contributed by atoms with Crippen LogP contribution in [-0.2, 0) is 0 Å². The van der Waals surface area contributed by atoms with Gasteiger partial charge < -0.3 is 5.32 Å². The molecule has 6 heteroatoms. The Morgan fingerprint density at radius 1 is 1.67 bits per heavy atom. The Bertz CT molecular complexity index is 370. The van der Waals surface area contributed by atoms with E-state index < -0.39 is 0 Å². The largest absolute Gasteiger partial charge is 0.368 e. The standard InChI is InChI=1S/C9H11BrClN3S/c1-15-9(2-3-9)5-13-7-6(10)4-12-8(11)14-7/h4H,2-3,5H2,1H3,(H,12,13,14). The number of nitrogens with one attached hydrogen (secondary N) is 1. The van der Waals surface area contributed by atoms with E-state index >= 15 is 0 Å². The van der Waals surface area contributed by atoms with Gasteiger partial charge in [-0.15, -0.1) is 0 Å². The molecule has 0 saturated heterocycles. The van der Waals surface area contributed by atoms with Gasteiger partial charge in [0.15, 0.2) is 0 Å². The molecule has 0 spiro atoms. The van der Waals surface area contributed by atoms with Crippen LogP contribution in [0.2, 0.25) is 5.28 Å². The number of nitrogens with zero attached hydrogens (tertiary/aromatic N) is 2. The van der Waals surface area contributed by atoms with Crippen LogP contribution in [0.4, 0.5) is 5.82 Å². The maximum atomic E-state index is 5.73. The summed E-state index contributed by atoms with van der Waals surface area (Å²) in [6, 6.07) is 0. The topological polar surface area (TPSA) is 37.8 Å². The summed E-state index contributed by atoms with van der Waals surface area (Å²) in [5.74, 6) is 0.773. The molecule has 0 unspecified atom stereocenters. The zero-order valence-electron chi connectivity index (χ0n) is 8.26. The highest BCUT2D eigenvalue weighted by Crippen LogP contribution is 2.47. The maximum Gasteiger partial charge on any atom is 0.224 e. The van der Waals surface area contributed by atoms with Crippen LogP contribution in [0.1, 0.15) is 12.8 Å². The second kappa shape index (κ2) is 4.47. The summed E-state index contributed by atoms with van der Waals surface area (Å²) < 4.78 is 1.26. The normalized spacial score (nSPS) is 17.5. The van der Waals surface area contributed by atoms with E-state index in [9.17, 15) is 0 Å². The van der Waals surface area contributed by atoms with Crippen molar-refractivity contribution in [1.82, 2.24) is 9.97 Å². The first-order chi connectivity index (χ1) is 7.15. The molecule has 1 aliphatic rings. The van der Waals surface area contributed by atoms with Crippen LogP contribution in [0.25, 0.3) is 0 Å². The fraction of sp³-hybridized carbons (Fsp3) is 0.556. The van der Waals surface area contributed by atoms with E-state index in [0.717, 1.165) is 16.8 Å². The van der Waals surface area contributed by atoms with E-state index in [1.165, 1.54) is 12.8 Å². The predicted octanol–water partition coefficient (Wildman–Crippen LogP) is 3.20. The van der Waals surface area contributed by atoms with Gasteiger partial charge in [0, 0.05) is 17.5 Å². The summed E-state index contributed by atoms with van der Waals surface area (Å²) in [5, 5.41) is 3.58. The van der Waals surface area contributed by atoms with Gasteiger partial charge in [-0.3, -0.25) is 0 Å². The van der Waals surface area contributed by atoms with Crippen molar-refractivity contribution in [2.75, 3.05) is 18.1 Å². The second-order valence-corrected chi connectivity index (χ2v) is 6.04. The average Bonchev–Trinajstić information content (AvgIpc) is 3.00. The molecular weight excluding hydrogens is 298 g/mol. The highest BCUT2D eigenvalue weighted by atomic mass is 79.9. The molecule has 82 valence electrons. The molecule has 0 aromatic carbocycles. The van der Waals surface area contributed by atoms with Crippen molar-refractivity contribution in [3.8, 4) is 0 Å². The number of anilines is 1. The van der Waals surface area contributed by atoms with Gasteiger partial charge in [0.05, 0.1) is 4.47 Å². The van der Waals surface area contributed by atoms with Crippen molar-refractivity contribution in [3.63, 3.8) is 0 Å². The van der Waals surface area contributed by atoms with E-state index in [0.29, 0.717) is 4.75 Å². The van der Waals surface area contributed by atoms with E-state index in [-0.39, 0.29) is 5.28 Å². The van der Waals surface area contributed by atoms with Gasteiger partial charge in [0.1, 0.15) is 5.82 Å². The third-order valence-corrected chi connectivity index (χ3v) is 4.71. The van der Waals surface area contributed by atoms with Gasteiger partial charge in [-0.25, -0.2) is 4.98 Å². The summed E-state index contributed by atoms with van der Waals surface area (Å²) >= 11 is 11.0. The third kappa shape index (κ3) is 2.77. The molecule has 3 nitrogen and oxygen atoms in total. The number of rotatable bonds is 4. The molecule has 1 N–H and O–H groups in total. The van der Waals surface area contributed by atoms with Crippen LogP contribution in [0, 0.1) is 0 Å². The molecule has 1 heterocycles. The minimum absolute atomic E-state index is 0.273. The first-order valence-electron chi connectivity index (χ1n) is 4.62. The molecule has 15 heavy (non-hydrogen) atoms. The molecule has 1 aliphatic carbocycles. The molecule has 0 bridgehead atoms. The zero-order chi connectivity index (χ0) is 10.9. The summed E-state index contributed by atoms with van der Waals surface area (Å²) in [5.41, 5.74) is 0. The summed E-state index contributed by atoms with van der Waals surface area (Å²) in [4.78, 5) is 8.01. The number of hydrogen-bond acceptors (Lipinski definition) is 4. The lowest BCUT2D eigenvalue weighted by Gasteiger charge is -2.14. The smallest absolute Gasteiger partial charge is 0.224 e. The molecule has 1 saturated carbocycles. The quantitative estimate of drug-likeness (QED) is 0.867. The molecule has 1 aromatic heterocycles. The highest BCUT2D eigenvalue weighted by Gasteiger charge is 2.41. The number of thioether (sulfide) groups is 1. The van der Waals surface area contributed by atoms with Crippen LogP contribution < -0.4 is 5.32 Å². The third-order valence-electron chi connectivity index (χ3n) is 2.53. The van der Waals surface area contributed by atoms with Crippen molar-refractivity contribution < 1.29 is 0 Å². The van der Waals surface area contributed by atoms with Crippen molar-refractivity contribution in [2.45, 2.75) is 17.6 Å². The van der Waals surface area contributed by atoms with Gasteiger partial charge in [-0.2, -0.15) is 16.7 Å². The Balaban J connectivity index is 2.01. The summed E-state index contributed by atoms with van der Waals surface area (Å²) in [6.07, 6.45) is 6.36. The SMILES string of the molecule is CSC1(CNc2nc(Cl)ncc2Br)CC1. The summed E-state index contributed by atoms with van der Waals surface area (Å²) in [7, 11) is 0. The average molecular weight is 309 g/mol. The number of hydrogen-bond donors (Lipinski definition) is 1. The van der Waals surface area contributed by atoms with Crippen molar-refractivity contribution in [1.29, 1.82) is 0 Å². The Morgan fingerprint density at radius 3 is 3.00 bits per heavy atom. The maximum absolute atomic E-state index is 5.73. The number of halogens is 2. The fourth-order valence-electron chi connectivity index (χ4n) is 1.31. The van der Waals surface area contributed by atoms with E-state index in [1.807, 2.05) is 11.8 Å². The van der Waals surface area contributed by atoms with Gasteiger partial charge in [-0.1, -0.05) is 0 Å². The van der Waals surface area contributed by atoms with E-state index in [4.69, 9.17) is 11.6 Å². The minimum Gasteiger partial charge on any atom is -0.368 e. The van der Waals surface area contributed by atoms with Crippen LogP contribution in [0.5, 0.6) is 0 Å². The first kappa shape index (κ1) is 11.5. The lowest BCUT2D eigenvalue weighted by atomic mass is 10.4. The highest BCUT2D eigenvalue weighted by molar-refractivity contribution is 9.10. The Hall–Kier alpha value is -0.000000000000000111. The first-order valence-corrected chi connectivity index (χ1v) is 7.02. The van der Waals surface area contributed by atoms with Crippen molar-refractivity contribution in [2.24, 2.45) is 0 Å². The Kier molecular flexibility index (Phi) is 3.42. The van der Waals surface area contributed by atoms with Gasteiger partial charge in [0.2, 0.25) is 5.28 Å². The van der Waals surface area contributed by atoms with Gasteiger partial charge >= 0.3 is 0 Å². The molecule has 0 aliphatic heterocycles. The molecule has 0 amide bonds. The fourth-order valence-corrected chi connectivity index (χ4v) is 2.50. The van der Waals surface area contributed by atoms with Crippen molar-refractivity contribution in [3.05, 3.63) is 16.0 Å². The predicted molar refractivity (Wildman–Crippen MR) is 68.7 cm³/mol. The Morgan fingerprint density at radius 2 is 2.40 bits per heavy atom. The molecular formula is C9H11BrClN3S. The van der Waals surface area contributed by atoms with Crippen LogP contribution in [0.15, 0.2) is 10.7 Å². The van der Waals surface area contributed by atoms with Crippen LogP contribution in [-0.4, -0.2) is 27.5 Å². The summed E-state index contributed by atoms with van der Waals surface area (Å²) in [6.45, 7) is 0.931. The van der Waals surface area contributed by atoms with E-state index in [1.54, 1.807) is 6.20 Å². The molecule has 1 aromatic rings.